The minimum absolute atomic E-state index is 0.181. The summed E-state index contributed by atoms with van der Waals surface area (Å²) in [5, 5.41) is 6.13. The van der Waals surface area contributed by atoms with Crippen molar-refractivity contribution in [2.75, 3.05) is 5.32 Å². The van der Waals surface area contributed by atoms with Gasteiger partial charge in [-0.15, -0.1) is 0 Å². The first-order valence-electron chi connectivity index (χ1n) is 4.37. The summed E-state index contributed by atoms with van der Waals surface area (Å²) in [4.78, 5) is 13.9. The van der Waals surface area contributed by atoms with Gasteiger partial charge in [-0.3, -0.25) is 4.79 Å². The molecular weight excluding hydrogens is 196 g/mol. The summed E-state index contributed by atoms with van der Waals surface area (Å²) in [6.07, 6.45) is -0.529. The Morgan fingerprint density at radius 1 is 1.60 bits per heavy atom. The molecule has 0 aliphatic carbocycles. The van der Waals surface area contributed by atoms with E-state index in [0.717, 1.165) is 0 Å². The summed E-state index contributed by atoms with van der Waals surface area (Å²) in [5.41, 5.74) is 9.32. The number of nitrogens with one attached hydrogen (secondary N) is 1. The molecule has 1 N–H and O–H groups in total. The maximum absolute atomic E-state index is 11.2. The zero-order valence-corrected chi connectivity index (χ0v) is 7.97. The Hall–Kier alpha value is -2.20. The topological polar surface area (TPSA) is 87.1 Å². The van der Waals surface area contributed by atoms with Gasteiger partial charge in [0, 0.05) is 10.6 Å². The van der Waals surface area contributed by atoms with Gasteiger partial charge in [-0.05, 0) is 24.6 Å². The lowest BCUT2D eigenvalue weighted by Crippen LogP contribution is -2.34. The van der Waals surface area contributed by atoms with E-state index in [0.29, 0.717) is 17.1 Å². The lowest BCUT2D eigenvalue weighted by molar-refractivity contribution is -0.122. The average Bonchev–Trinajstić information content (AvgIpc) is 2.21. The van der Waals surface area contributed by atoms with Gasteiger partial charge in [0.15, 0.2) is 6.10 Å². The monoisotopic (exact) mass is 204 g/mol. The molecule has 1 unspecified atom stereocenters. The Morgan fingerprint density at radius 2 is 2.40 bits per heavy atom. The lowest BCUT2D eigenvalue weighted by atomic mass is 10.2. The van der Waals surface area contributed by atoms with Crippen molar-refractivity contribution in [2.45, 2.75) is 13.0 Å². The fraction of sp³-hybridized carbons (Fsp3) is 0.222. The fourth-order valence-electron chi connectivity index (χ4n) is 1.30. The van der Waals surface area contributed by atoms with Crippen LogP contribution in [-0.2, 0) is 4.79 Å². The highest BCUT2D eigenvalue weighted by molar-refractivity contribution is 5.97. The molecule has 1 aromatic carbocycles. The molecule has 0 saturated heterocycles. The molecule has 6 heteroatoms. The van der Waals surface area contributed by atoms with Crippen molar-refractivity contribution >= 4 is 17.3 Å². The molecule has 15 heavy (non-hydrogen) atoms. The Bertz CT molecular complexity index is 465. The number of benzene rings is 1. The second kappa shape index (κ2) is 3.51. The minimum atomic E-state index is -0.529. The van der Waals surface area contributed by atoms with Gasteiger partial charge in [0.2, 0.25) is 0 Å². The third-order valence-corrected chi connectivity index (χ3v) is 2.06. The Kier molecular flexibility index (Phi) is 2.19. The van der Waals surface area contributed by atoms with Gasteiger partial charge in [-0.2, -0.15) is 0 Å². The van der Waals surface area contributed by atoms with Crippen LogP contribution in [0.2, 0.25) is 0 Å². The second-order valence-corrected chi connectivity index (χ2v) is 3.12. The Balaban J connectivity index is 2.41. The van der Waals surface area contributed by atoms with Crippen LogP contribution in [-0.4, -0.2) is 12.0 Å². The summed E-state index contributed by atoms with van der Waals surface area (Å²) in [5.74, 6) is 0.339. The number of azide groups is 1. The number of hydrogen-bond acceptors (Lipinski definition) is 3. The normalized spacial score (nSPS) is 18.2. The van der Waals surface area contributed by atoms with Crippen LogP contribution >= 0.6 is 0 Å². The number of hydrogen-bond donors (Lipinski definition) is 1. The van der Waals surface area contributed by atoms with E-state index >= 15 is 0 Å². The van der Waals surface area contributed by atoms with Crippen LogP contribution in [0, 0.1) is 0 Å². The molecule has 0 saturated carbocycles. The maximum atomic E-state index is 11.2. The zero-order valence-electron chi connectivity index (χ0n) is 7.97. The third kappa shape index (κ3) is 1.70. The average molecular weight is 204 g/mol. The van der Waals surface area contributed by atoms with Crippen LogP contribution in [0.15, 0.2) is 23.3 Å². The van der Waals surface area contributed by atoms with Gasteiger partial charge in [-0.1, -0.05) is 11.2 Å². The van der Waals surface area contributed by atoms with Gasteiger partial charge in [0.25, 0.3) is 5.91 Å². The van der Waals surface area contributed by atoms with E-state index in [9.17, 15) is 4.79 Å². The number of anilines is 1. The molecule has 0 radical (unpaired) electrons. The van der Waals surface area contributed by atoms with E-state index in [1.165, 1.54) is 0 Å². The molecule has 0 bridgehead atoms. The number of ether oxygens (including phenoxy) is 1. The number of fused-ring (bicyclic) bond motifs is 1. The van der Waals surface area contributed by atoms with Crippen LogP contribution in [0.4, 0.5) is 11.4 Å². The van der Waals surface area contributed by atoms with E-state index < -0.39 is 6.10 Å². The van der Waals surface area contributed by atoms with Gasteiger partial charge in [0.1, 0.15) is 5.75 Å². The molecule has 1 amide bonds. The minimum Gasteiger partial charge on any atom is -0.479 e. The molecular formula is C9H8N4O2. The van der Waals surface area contributed by atoms with Crippen molar-refractivity contribution in [2.24, 2.45) is 5.11 Å². The number of nitrogens with zero attached hydrogens (tertiary/aromatic N) is 3. The molecule has 1 aliphatic rings. The summed E-state index contributed by atoms with van der Waals surface area (Å²) in [7, 11) is 0. The summed E-state index contributed by atoms with van der Waals surface area (Å²) >= 11 is 0. The summed E-state index contributed by atoms with van der Waals surface area (Å²) in [6.45, 7) is 1.65. The third-order valence-electron chi connectivity index (χ3n) is 2.06. The molecule has 2 rings (SSSR count). The molecule has 1 aliphatic heterocycles. The standard InChI is InChI=1S/C9H8N4O2/c1-5-9(14)11-7-3-2-6(12-13-10)4-8(7)15-5/h2-5H,1H3,(H,11,14). The Labute approximate surface area is 85.5 Å². The predicted molar refractivity (Wildman–Crippen MR) is 54.0 cm³/mol. The molecule has 0 aromatic heterocycles. The highest BCUT2D eigenvalue weighted by atomic mass is 16.5. The van der Waals surface area contributed by atoms with Crippen LogP contribution in [0.25, 0.3) is 10.4 Å². The highest BCUT2D eigenvalue weighted by Crippen LogP contribution is 2.33. The number of rotatable bonds is 1. The van der Waals surface area contributed by atoms with E-state index in [-0.39, 0.29) is 5.91 Å². The van der Waals surface area contributed by atoms with Crippen molar-refractivity contribution in [1.29, 1.82) is 0 Å². The van der Waals surface area contributed by atoms with Gasteiger partial charge in [-0.25, -0.2) is 0 Å². The molecule has 1 atom stereocenters. The van der Waals surface area contributed by atoms with Crippen molar-refractivity contribution in [3.05, 3.63) is 28.6 Å². The van der Waals surface area contributed by atoms with E-state index in [1.807, 2.05) is 0 Å². The largest absolute Gasteiger partial charge is 0.479 e. The van der Waals surface area contributed by atoms with Crippen molar-refractivity contribution in [3.8, 4) is 5.75 Å². The molecule has 0 fully saturated rings. The summed E-state index contributed by atoms with van der Waals surface area (Å²) < 4.78 is 5.34. The summed E-state index contributed by atoms with van der Waals surface area (Å²) in [6, 6.07) is 4.84. The Morgan fingerprint density at radius 3 is 3.13 bits per heavy atom. The lowest BCUT2D eigenvalue weighted by Gasteiger charge is -2.23. The maximum Gasteiger partial charge on any atom is 0.265 e. The van der Waals surface area contributed by atoms with Gasteiger partial charge < -0.3 is 10.1 Å². The molecule has 0 spiro atoms. The molecule has 1 heterocycles. The number of carbonyl (C=O) groups is 1. The fourth-order valence-corrected chi connectivity index (χ4v) is 1.30. The number of carbonyl (C=O) groups excluding carboxylic acids is 1. The quantitative estimate of drug-likeness (QED) is 0.432. The van der Waals surface area contributed by atoms with E-state index in [1.54, 1.807) is 25.1 Å². The smallest absolute Gasteiger partial charge is 0.265 e. The van der Waals surface area contributed by atoms with Crippen molar-refractivity contribution in [3.63, 3.8) is 0 Å². The zero-order chi connectivity index (χ0) is 10.8. The van der Waals surface area contributed by atoms with Crippen LogP contribution in [0.1, 0.15) is 6.92 Å². The first-order valence-corrected chi connectivity index (χ1v) is 4.37. The first-order chi connectivity index (χ1) is 7.20. The van der Waals surface area contributed by atoms with Crippen LogP contribution < -0.4 is 10.1 Å². The van der Waals surface area contributed by atoms with Gasteiger partial charge in [0.05, 0.1) is 5.69 Å². The number of amides is 1. The predicted octanol–water partition coefficient (Wildman–Crippen LogP) is 2.35. The molecule has 6 nitrogen and oxygen atoms in total. The second-order valence-electron chi connectivity index (χ2n) is 3.12. The molecule has 1 aromatic rings. The van der Waals surface area contributed by atoms with Crippen molar-refractivity contribution in [1.82, 2.24) is 0 Å². The van der Waals surface area contributed by atoms with Gasteiger partial charge >= 0.3 is 0 Å². The van der Waals surface area contributed by atoms with Crippen molar-refractivity contribution < 1.29 is 9.53 Å². The van der Waals surface area contributed by atoms with E-state index in [4.69, 9.17) is 10.3 Å². The van der Waals surface area contributed by atoms with Crippen LogP contribution in [0.5, 0.6) is 5.75 Å². The SMILES string of the molecule is CC1Oc2cc(N=[N+]=[N-])ccc2NC1=O. The first kappa shape index (κ1) is 9.36. The van der Waals surface area contributed by atoms with Crippen LogP contribution in [0.3, 0.4) is 0 Å². The molecule has 76 valence electrons. The highest BCUT2D eigenvalue weighted by Gasteiger charge is 2.23. The van der Waals surface area contributed by atoms with E-state index in [2.05, 4.69) is 15.3 Å².